The zero-order chi connectivity index (χ0) is 67.1. The quantitative estimate of drug-likeness (QED) is 0.0483. The molecule has 92 heavy (non-hydrogen) atoms. The number of benzene rings is 3. The lowest BCUT2D eigenvalue weighted by molar-refractivity contribution is -0.379. The number of amides is 1. The van der Waals surface area contributed by atoms with Gasteiger partial charge in [-0.15, -0.1) is 0 Å². The van der Waals surface area contributed by atoms with Crippen LogP contribution in [0.2, 0.25) is 0 Å². The molecule has 0 aliphatic carbocycles. The second-order valence-corrected chi connectivity index (χ2v) is 21.7. The van der Waals surface area contributed by atoms with E-state index in [0.29, 0.717) is 0 Å². The Kier molecular flexibility index (Phi) is 25.2. The molecule has 0 radical (unpaired) electrons. The van der Waals surface area contributed by atoms with Gasteiger partial charge < -0.3 is 102 Å². The van der Waals surface area contributed by atoms with Crippen LogP contribution in [0.25, 0.3) is 0 Å². The fourth-order valence-electron chi connectivity index (χ4n) is 10.8. The molecule has 31 heteroatoms. The van der Waals surface area contributed by atoms with Crippen molar-refractivity contribution < 1.29 is 139 Å². The number of esters is 9. The highest BCUT2D eigenvalue weighted by molar-refractivity contribution is 5.91. The van der Waals surface area contributed by atoms with Crippen LogP contribution in [0, 0.1) is 0 Å². The number of piperidine rings is 1. The summed E-state index contributed by atoms with van der Waals surface area (Å²) in [6.07, 6.45) is -33.9. The molecule has 502 valence electrons. The smallest absolute Gasteiger partial charge is 0.366 e. The molecule has 4 fully saturated rings. The first-order chi connectivity index (χ1) is 43.7. The minimum Gasteiger partial charge on any atom is -0.465 e. The van der Waals surface area contributed by atoms with E-state index in [2.05, 4.69) is 10.6 Å². The minimum absolute atomic E-state index is 0.00863. The summed E-state index contributed by atoms with van der Waals surface area (Å²) in [5.41, 5.74) is -0.331. The summed E-state index contributed by atoms with van der Waals surface area (Å²) in [5.74, 6) is -14.2. The van der Waals surface area contributed by atoms with E-state index in [9.17, 15) is 63.6 Å². The highest BCUT2D eigenvalue weighted by Gasteiger charge is 2.64. The Bertz CT molecular complexity index is 3050. The highest BCUT2D eigenvalue weighted by atomic mass is 16.8. The molecule has 0 bridgehead atoms. The van der Waals surface area contributed by atoms with Crippen LogP contribution >= 0.6 is 0 Å². The van der Waals surface area contributed by atoms with Crippen LogP contribution in [0.3, 0.4) is 0 Å². The van der Waals surface area contributed by atoms with Crippen molar-refractivity contribution in [2.75, 3.05) is 33.5 Å². The summed E-state index contributed by atoms with van der Waals surface area (Å²) in [6.45, 7) is 4.17. The van der Waals surface area contributed by atoms with E-state index in [1.54, 1.807) is 18.2 Å². The van der Waals surface area contributed by atoms with Crippen LogP contribution < -0.4 is 10.6 Å². The zero-order valence-electron chi connectivity index (χ0n) is 51.2. The summed E-state index contributed by atoms with van der Waals surface area (Å²) in [4.78, 5) is 137. The second-order valence-electron chi connectivity index (χ2n) is 21.7. The van der Waals surface area contributed by atoms with E-state index in [4.69, 9.17) is 71.1 Å². The maximum Gasteiger partial charge on any atom is 0.366 e. The van der Waals surface area contributed by atoms with Crippen LogP contribution in [0.15, 0.2) is 91.0 Å². The normalized spacial score (nSPS) is 30.9. The lowest BCUT2D eigenvalue weighted by atomic mass is 9.87. The number of aliphatic hydroxyl groups is 4. The van der Waals surface area contributed by atoms with E-state index < -0.39 is 208 Å². The summed E-state index contributed by atoms with van der Waals surface area (Å²) in [5, 5.41) is 49.6. The summed E-state index contributed by atoms with van der Waals surface area (Å²) < 4.78 is 91.4. The van der Waals surface area contributed by atoms with Crippen molar-refractivity contribution in [3.05, 3.63) is 108 Å². The molecule has 4 aliphatic rings. The van der Waals surface area contributed by atoms with Crippen molar-refractivity contribution in [2.45, 2.75) is 177 Å². The predicted molar refractivity (Wildman–Crippen MR) is 303 cm³/mol. The first-order valence-electron chi connectivity index (χ1n) is 29.0. The highest BCUT2D eigenvalue weighted by Crippen LogP contribution is 2.43. The molecular formula is C61H74N2O29. The lowest BCUT2D eigenvalue weighted by Crippen LogP contribution is -2.72. The Labute approximate surface area is 526 Å². The number of methoxy groups -OCH3 is 1. The Morgan fingerprint density at radius 3 is 1.66 bits per heavy atom. The molecule has 1 amide bonds. The Morgan fingerprint density at radius 1 is 0.598 bits per heavy atom. The first-order valence-corrected chi connectivity index (χ1v) is 29.0. The maximum absolute atomic E-state index is 15.3. The van der Waals surface area contributed by atoms with Crippen LogP contribution in [0.4, 0.5) is 0 Å². The number of ether oxygens (including phenoxy) is 15. The van der Waals surface area contributed by atoms with Gasteiger partial charge in [-0.3, -0.25) is 28.8 Å². The molecule has 5 unspecified atom stereocenters. The lowest BCUT2D eigenvalue weighted by Gasteiger charge is -2.52. The van der Waals surface area contributed by atoms with Crippen LogP contribution in [0.5, 0.6) is 0 Å². The number of carbonyl (C=O) groups is 10. The molecule has 3 aromatic carbocycles. The van der Waals surface area contributed by atoms with Gasteiger partial charge in [-0.05, 0) is 43.3 Å². The molecule has 4 aliphatic heterocycles. The van der Waals surface area contributed by atoms with Gasteiger partial charge in [0.05, 0.1) is 55.0 Å². The van der Waals surface area contributed by atoms with E-state index in [0.717, 1.165) is 48.7 Å². The number of rotatable bonds is 24. The fraction of sp³-hybridized carbons (Fsp3) is 0.541. The van der Waals surface area contributed by atoms with Gasteiger partial charge in [0, 0.05) is 48.1 Å². The molecule has 3 aromatic rings. The standard InChI is InChI=1S/C61H74N2O29/c1-29-45(71)46(72)47(73)58(81-29)90-49-41(83-33(5)68)25-62-39(26-64)48(49)89-59-54(88-57(76)38-22-16-11-17-23-38)53(51(87-56(75)37-20-14-10-15-21-37)43(86-59)28-80-55(74)36-18-12-9-13-19-36)92-61(60(77)78-8)24-40(82-32(4)67)44(63-30(2)65)52(91-61)50(85-35(7)70)42(84-34(6)69)27-79-31(3)66/h9-23,29,39-54,58-59,62,64,71-73H,24-28H2,1-8H3,(H,63,65)/t29?,39-,40+,41+,42-,43-,44-,45?,46?,47?,48-,49-,50-,51+,52-,53+,54-,58?,59+,61+/m1/s1. The van der Waals surface area contributed by atoms with E-state index >= 15 is 4.79 Å². The van der Waals surface area contributed by atoms with E-state index in [1.807, 2.05) is 0 Å². The van der Waals surface area contributed by atoms with Gasteiger partial charge in [-0.2, -0.15) is 0 Å². The number of hydrogen-bond acceptors (Lipinski definition) is 30. The van der Waals surface area contributed by atoms with Gasteiger partial charge in [0.15, 0.2) is 37.0 Å². The number of carbonyl (C=O) groups excluding carboxylic acids is 10. The van der Waals surface area contributed by atoms with Gasteiger partial charge in [0.25, 0.3) is 5.79 Å². The fourth-order valence-corrected chi connectivity index (χ4v) is 10.8. The summed E-state index contributed by atoms with van der Waals surface area (Å²) in [7, 11) is 0.845. The largest absolute Gasteiger partial charge is 0.465 e. The summed E-state index contributed by atoms with van der Waals surface area (Å²) >= 11 is 0. The van der Waals surface area contributed by atoms with Crippen LogP contribution in [-0.4, -0.2) is 236 Å². The Balaban J connectivity index is 1.51. The van der Waals surface area contributed by atoms with Gasteiger partial charge in [0.1, 0.15) is 74.3 Å². The third-order valence-electron chi connectivity index (χ3n) is 14.9. The van der Waals surface area contributed by atoms with E-state index in [-0.39, 0.29) is 23.2 Å². The van der Waals surface area contributed by atoms with Crippen molar-refractivity contribution >= 4 is 59.6 Å². The molecule has 0 spiro atoms. The topological polar surface area (TPSA) is 414 Å². The van der Waals surface area contributed by atoms with Gasteiger partial charge in [0.2, 0.25) is 5.91 Å². The molecule has 20 atom stereocenters. The molecule has 6 N–H and O–H groups in total. The monoisotopic (exact) mass is 1300 g/mol. The number of aliphatic hydroxyl groups excluding tert-OH is 4. The Hall–Kier alpha value is -8.08. The van der Waals surface area contributed by atoms with Crippen molar-refractivity contribution in [3.8, 4) is 0 Å². The molecule has 4 saturated heterocycles. The third kappa shape index (κ3) is 18.1. The average molecular weight is 1300 g/mol. The molecule has 0 aromatic heterocycles. The molecule has 4 heterocycles. The molecule has 7 rings (SSSR count). The van der Waals surface area contributed by atoms with Crippen molar-refractivity contribution in [3.63, 3.8) is 0 Å². The van der Waals surface area contributed by atoms with Crippen molar-refractivity contribution in [1.82, 2.24) is 10.6 Å². The van der Waals surface area contributed by atoms with Crippen molar-refractivity contribution in [2.24, 2.45) is 0 Å². The van der Waals surface area contributed by atoms with Crippen LogP contribution in [0.1, 0.15) is 86.0 Å². The predicted octanol–water partition coefficient (Wildman–Crippen LogP) is -0.580. The SMILES string of the molecule is COC(=O)[C@@]1(O[C@H]2[C@@H](OC(=O)c3ccccc3)[C@@H](COC(=O)c3ccccc3)O[C@@H](O[C@H]3[C@H](OC4OC(C)C(O)C(O)C4O)[C@@H](OC(C)=O)CN[C@@H]3CO)[C@@H]2OC(=O)c2ccccc2)C[C@H](OC(C)=O)[C@@H](NC(C)=O)[C@H]([C@H](OC(C)=O)[C@@H](COC(C)=O)OC(C)=O)O1. The first kappa shape index (κ1) is 71.4. The van der Waals surface area contributed by atoms with E-state index in [1.165, 1.54) is 79.7 Å². The third-order valence-corrected chi connectivity index (χ3v) is 14.9. The zero-order valence-corrected chi connectivity index (χ0v) is 51.2. The van der Waals surface area contributed by atoms with Gasteiger partial charge in [-0.1, -0.05) is 54.6 Å². The number of nitrogens with one attached hydrogen (secondary N) is 2. The molecule has 31 nitrogen and oxygen atoms in total. The van der Waals surface area contributed by atoms with Gasteiger partial charge >= 0.3 is 53.7 Å². The minimum atomic E-state index is -3.25. The maximum atomic E-state index is 15.3. The Morgan fingerprint density at radius 2 is 1.14 bits per heavy atom. The number of hydrogen-bond donors (Lipinski definition) is 6. The molecular weight excluding hydrogens is 1220 g/mol. The summed E-state index contributed by atoms with van der Waals surface area (Å²) in [6, 6.07) is 18.6. The second kappa shape index (κ2) is 32.5. The van der Waals surface area contributed by atoms with Crippen molar-refractivity contribution in [1.29, 1.82) is 0 Å². The average Bonchev–Trinajstić information content (AvgIpc) is 0.747. The van der Waals surface area contributed by atoms with Crippen LogP contribution in [-0.2, 0) is 105 Å². The molecule has 0 saturated carbocycles. The van der Waals surface area contributed by atoms with Gasteiger partial charge in [-0.25, -0.2) is 19.2 Å².